The Kier molecular flexibility index (Phi) is 5.93. The van der Waals surface area contributed by atoms with E-state index in [1.165, 1.54) is 12.5 Å². The Bertz CT molecular complexity index is 730. The summed E-state index contributed by atoms with van der Waals surface area (Å²) < 4.78 is 0. The minimum Gasteiger partial charge on any atom is -0.335 e. The fourth-order valence-corrected chi connectivity index (χ4v) is 3.90. The smallest absolute Gasteiger partial charge is 0.318 e. The van der Waals surface area contributed by atoms with Gasteiger partial charge in [-0.1, -0.05) is 25.3 Å². The van der Waals surface area contributed by atoms with Crippen LogP contribution in [0.3, 0.4) is 0 Å². The van der Waals surface area contributed by atoms with Crippen LogP contribution in [0.15, 0.2) is 18.2 Å². The molecule has 1 saturated heterocycles. The average Bonchev–Trinajstić information content (AvgIpc) is 3.14. The summed E-state index contributed by atoms with van der Waals surface area (Å²) in [4.78, 5) is 37.5. The maximum Gasteiger partial charge on any atom is 0.318 e. The lowest BCUT2D eigenvalue weighted by Crippen LogP contribution is -2.50. The van der Waals surface area contributed by atoms with E-state index in [0.717, 1.165) is 32.1 Å². The molecule has 3 amide bonds. The van der Waals surface area contributed by atoms with E-state index >= 15 is 0 Å². The van der Waals surface area contributed by atoms with Crippen LogP contribution in [0.4, 0.5) is 16.2 Å². The largest absolute Gasteiger partial charge is 0.335 e. The molecule has 2 fully saturated rings. The third kappa shape index (κ3) is 4.56. The predicted molar refractivity (Wildman–Crippen MR) is 102 cm³/mol. The van der Waals surface area contributed by atoms with Gasteiger partial charge < -0.3 is 15.5 Å². The number of carbonyl (C=O) groups excluding carboxylic acids is 2. The van der Waals surface area contributed by atoms with Gasteiger partial charge in [0, 0.05) is 29.9 Å². The van der Waals surface area contributed by atoms with E-state index in [1.54, 1.807) is 24.0 Å². The summed E-state index contributed by atoms with van der Waals surface area (Å²) in [6, 6.07) is 4.06. The Hall–Kier alpha value is -2.64. The number of benzene rings is 1. The number of rotatable bonds is 4. The van der Waals surface area contributed by atoms with Gasteiger partial charge in [0.1, 0.15) is 6.04 Å². The average molecular weight is 374 g/mol. The summed E-state index contributed by atoms with van der Waals surface area (Å²) in [5.41, 5.74) is 0.871. The molecule has 1 aromatic carbocycles. The molecule has 0 radical (unpaired) electrons. The monoisotopic (exact) mass is 374 g/mol. The van der Waals surface area contributed by atoms with Crippen molar-refractivity contribution in [1.82, 2.24) is 10.2 Å². The van der Waals surface area contributed by atoms with Crippen LogP contribution in [0.2, 0.25) is 0 Å². The lowest BCUT2D eigenvalue weighted by molar-refractivity contribution is -0.385. The Morgan fingerprint density at radius 3 is 2.59 bits per heavy atom. The van der Waals surface area contributed by atoms with E-state index < -0.39 is 11.0 Å². The van der Waals surface area contributed by atoms with Gasteiger partial charge in [-0.25, -0.2) is 4.79 Å². The molecule has 1 heterocycles. The molecular formula is C19H26N4O4. The fraction of sp³-hybridized carbons (Fsp3) is 0.579. The van der Waals surface area contributed by atoms with Gasteiger partial charge in [-0.3, -0.25) is 14.9 Å². The topological polar surface area (TPSA) is 105 Å². The second-order valence-corrected chi connectivity index (χ2v) is 7.38. The van der Waals surface area contributed by atoms with Crippen molar-refractivity contribution in [2.75, 3.05) is 11.9 Å². The summed E-state index contributed by atoms with van der Waals surface area (Å²) in [7, 11) is 0. The number of anilines is 1. The molecule has 1 aliphatic carbocycles. The first-order valence-electron chi connectivity index (χ1n) is 9.59. The number of likely N-dealkylation sites (tertiary alicyclic amines) is 1. The molecular weight excluding hydrogens is 348 g/mol. The van der Waals surface area contributed by atoms with Crippen LogP contribution in [0, 0.1) is 17.0 Å². The van der Waals surface area contributed by atoms with Crippen molar-refractivity contribution in [1.29, 1.82) is 0 Å². The van der Waals surface area contributed by atoms with E-state index in [2.05, 4.69) is 10.6 Å². The maximum atomic E-state index is 12.7. The number of carbonyl (C=O) groups is 2. The summed E-state index contributed by atoms with van der Waals surface area (Å²) in [6.45, 7) is 2.20. The number of nitrogens with zero attached hydrogens (tertiary/aromatic N) is 2. The zero-order valence-corrected chi connectivity index (χ0v) is 15.6. The van der Waals surface area contributed by atoms with Crippen molar-refractivity contribution < 1.29 is 14.5 Å². The second-order valence-electron chi connectivity index (χ2n) is 7.38. The molecule has 1 atom stereocenters. The third-order valence-corrected chi connectivity index (χ3v) is 5.42. The van der Waals surface area contributed by atoms with E-state index in [4.69, 9.17) is 0 Å². The molecule has 1 saturated carbocycles. The Labute approximate surface area is 158 Å². The zero-order chi connectivity index (χ0) is 19.4. The number of hydrogen-bond donors (Lipinski definition) is 2. The van der Waals surface area contributed by atoms with Crippen molar-refractivity contribution in [2.24, 2.45) is 0 Å². The molecule has 0 spiro atoms. The third-order valence-electron chi connectivity index (χ3n) is 5.42. The van der Waals surface area contributed by atoms with Crippen molar-refractivity contribution in [3.05, 3.63) is 33.9 Å². The highest BCUT2D eigenvalue weighted by molar-refractivity contribution is 5.97. The standard InChI is InChI=1S/C19H26N4O4/c1-13-9-10-15(12-17(13)23(26)27)20-18(24)16-8-5-11-22(16)19(25)21-14-6-3-2-4-7-14/h9-10,12,14,16H,2-8,11H2,1H3,(H,20,24)(H,21,25)/t16-/m0/s1. The molecule has 8 heteroatoms. The zero-order valence-electron chi connectivity index (χ0n) is 15.6. The number of nitro benzene ring substituents is 1. The van der Waals surface area contributed by atoms with Crippen molar-refractivity contribution >= 4 is 23.3 Å². The van der Waals surface area contributed by atoms with E-state index in [0.29, 0.717) is 24.2 Å². The number of amides is 3. The van der Waals surface area contributed by atoms with Crippen LogP contribution >= 0.6 is 0 Å². The molecule has 0 unspecified atom stereocenters. The van der Waals surface area contributed by atoms with E-state index in [9.17, 15) is 19.7 Å². The summed E-state index contributed by atoms with van der Waals surface area (Å²) in [5, 5.41) is 16.9. The van der Waals surface area contributed by atoms with Crippen LogP contribution in [0.5, 0.6) is 0 Å². The summed E-state index contributed by atoms with van der Waals surface area (Å²) in [5.74, 6) is -0.301. The first-order chi connectivity index (χ1) is 13.0. The van der Waals surface area contributed by atoms with Gasteiger partial charge in [0.15, 0.2) is 0 Å². The van der Waals surface area contributed by atoms with Crippen molar-refractivity contribution in [3.63, 3.8) is 0 Å². The van der Waals surface area contributed by atoms with Crippen LogP contribution in [0.25, 0.3) is 0 Å². The Morgan fingerprint density at radius 2 is 1.89 bits per heavy atom. The molecule has 2 aliphatic rings. The Balaban J connectivity index is 1.64. The SMILES string of the molecule is Cc1ccc(NC(=O)[C@@H]2CCCN2C(=O)NC2CCCCC2)cc1[N+](=O)[O-]. The van der Waals surface area contributed by atoms with Gasteiger partial charge >= 0.3 is 6.03 Å². The van der Waals surface area contributed by atoms with E-state index in [1.807, 2.05) is 0 Å². The van der Waals surface area contributed by atoms with Gasteiger partial charge in [-0.05, 0) is 38.7 Å². The molecule has 0 aromatic heterocycles. The highest BCUT2D eigenvalue weighted by Gasteiger charge is 2.35. The normalized spacial score (nSPS) is 20.3. The van der Waals surface area contributed by atoms with E-state index in [-0.39, 0.29) is 23.7 Å². The van der Waals surface area contributed by atoms with Crippen LogP contribution in [0.1, 0.15) is 50.5 Å². The first kappa shape index (κ1) is 19.1. The summed E-state index contributed by atoms with van der Waals surface area (Å²) in [6.07, 6.45) is 6.81. The van der Waals surface area contributed by atoms with Crippen molar-refractivity contribution in [2.45, 2.75) is 64.0 Å². The highest BCUT2D eigenvalue weighted by Crippen LogP contribution is 2.25. The number of aryl methyl sites for hydroxylation is 1. The van der Waals surface area contributed by atoms with Gasteiger partial charge in [-0.2, -0.15) is 0 Å². The maximum absolute atomic E-state index is 12.7. The molecule has 1 aromatic rings. The first-order valence-corrected chi connectivity index (χ1v) is 9.59. The molecule has 27 heavy (non-hydrogen) atoms. The molecule has 0 bridgehead atoms. The van der Waals surface area contributed by atoms with Crippen LogP contribution < -0.4 is 10.6 Å². The number of hydrogen-bond acceptors (Lipinski definition) is 4. The number of nitrogens with one attached hydrogen (secondary N) is 2. The Morgan fingerprint density at radius 1 is 1.15 bits per heavy atom. The minimum atomic E-state index is -0.547. The lowest BCUT2D eigenvalue weighted by Gasteiger charge is -2.29. The number of nitro groups is 1. The van der Waals surface area contributed by atoms with Crippen LogP contribution in [-0.4, -0.2) is 40.4 Å². The molecule has 146 valence electrons. The highest BCUT2D eigenvalue weighted by atomic mass is 16.6. The molecule has 3 rings (SSSR count). The quantitative estimate of drug-likeness (QED) is 0.623. The molecule has 2 N–H and O–H groups in total. The summed E-state index contributed by atoms with van der Waals surface area (Å²) >= 11 is 0. The van der Waals surface area contributed by atoms with Crippen LogP contribution in [-0.2, 0) is 4.79 Å². The van der Waals surface area contributed by atoms with Crippen molar-refractivity contribution in [3.8, 4) is 0 Å². The fourth-order valence-electron chi connectivity index (χ4n) is 3.90. The molecule has 1 aliphatic heterocycles. The van der Waals surface area contributed by atoms with Gasteiger partial charge in [0.05, 0.1) is 4.92 Å². The number of urea groups is 1. The predicted octanol–water partition coefficient (Wildman–Crippen LogP) is 3.35. The van der Waals surface area contributed by atoms with Gasteiger partial charge in [0.25, 0.3) is 5.69 Å². The van der Waals surface area contributed by atoms with Gasteiger partial charge in [0.2, 0.25) is 5.91 Å². The van der Waals surface area contributed by atoms with Gasteiger partial charge in [-0.15, -0.1) is 0 Å². The second kappa shape index (κ2) is 8.37. The minimum absolute atomic E-state index is 0.0360. The molecule has 8 nitrogen and oxygen atoms in total. The lowest BCUT2D eigenvalue weighted by atomic mass is 9.96.